The van der Waals surface area contributed by atoms with Crippen molar-refractivity contribution in [2.45, 2.75) is 11.8 Å². The molecule has 0 fully saturated rings. The molecule has 0 aliphatic carbocycles. The van der Waals surface area contributed by atoms with Crippen molar-refractivity contribution in [1.29, 1.82) is 0 Å². The molecule has 0 aliphatic rings. The summed E-state index contributed by atoms with van der Waals surface area (Å²) in [4.78, 5) is 10.5. The normalized spacial score (nSPS) is 11.0. The average Bonchev–Trinajstić information content (AvgIpc) is 2.53. The van der Waals surface area contributed by atoms with E-state index in [-0.39, 0.29) is 4.90 Å². The molecule has 23 heavy (non-hydrogen) atoms. The lowest BCUT2D eigenvalue weighted by atomic mass is 10.2. The summed E-state index contributed by atoms with van der Waals surface area (Å²) in [5.74, 6) is -0.801. The lowest BCUT2D eigenvalue weighted by molar-refractivity contribution is -0.139. The van der Waals surface area contributed by atoms with E-state index in [0.29, 0.717) is 11.4 Å². The van der Waals surface area contributed by atoms with Crippen molar-refractivity contribution in [2.75, 3.05) is 18.0 Å². The summed E-state index contributed by atoms with van der Waals surface area (Å²) in [6, 6.07) is 12.8. The Balaban J connectivity index is 2.21. The van der Waals surface area contributed by atoms with Gasteiger partial charge in [-0.05, 0) is 43.3 Å². The van der Waals surface area contributed by atoms with E-state index in [2.05, 4.69) is 0 Å². The SMILES string of the molecule is Cc1ccc(N(C)S(=O)(=O)c2ccc(OCC(=O)O)cc2)cc1. The largest absolute Gasteiger partial charge is 0.482 e. The third-order valence-corrected chi connectivity index (χ3v) is 5.04. The summed E-state index contributed by atoms with van der Waals surface area (Å²) < 4.78 is 31.4. The van der Waals surface area contributed by atoms with Gasteiger partial charge in [0.05, 0.1) is 10.6 Å². The Hall–Kier alpha value is -2.54. The Morgan fingerprint density at radius 1 is 1.09 bits per heavy atom. The zero-order valence-electron chi connectivity index (χ0n) is 12.8. The molecule has 7 heteroatoms. The maximum Gasteiger partial charge on any atom is 0.341 e. The minimum Gasteiger partial charge on any atom is -0.482 e. The predicted octanol–water partition coefficient (Wildman–Crippen LogP) is 2.28. The number of hydrogen-bond donors (Lipinski definition) is 1. The number of rotatable bonds is 6. The van der Waals surface area contributed by atoms with E-state index >= 15 is 0 Å². The van der Waals surface area contributed by atoms with Gasteiger partial charge >= 0.3 is 5.97 Å². The maximum absolute atomic E-state index is 12.6. The summed E-state index contributed by atoms with van der Waals surface area (Å²) in [7, 11) is -2.21. The lowest BCUT2D eigenvalue weighted by Crippen LogP contribution is -2.26. The zero-order valence-corrected chi connectivity index (χ0v) is 13.6. The van der Waals surface area contributed by atoms with Gasteiger partial charge in [0.2, 0.25) is 0 Å². The Kier molecular flexibility index (Phi) is 4.90. The Labute approximate surface area is 135 Å². The summed E-state index contributed by atoms with van der Waals surface area (Å²) in [6.07, 6.45) is 0. The molecule has 1 N–H and O–H groups in total. The third kappa shape index (κ3) is 4.01. The highest BCUT2D eigenvalue weighted by atomic mass is 32.2. The first-order valence-corrected chi connectivity index (χ1v) is 8.25. The van der Waals surface area contributed by atoms with Gasteiger partial charge in [-0.2, -0.15) is 0 Å². The van der Waals surface area contributed by atoms with Gasteiger partial charge in [-0.3, -0.25) is 4.31 Å². The van der Waals surface area contributed by atoms with Crippen LogP contribution < -0.4 is 9.04 Å². The van der Waals surface area contributed by atoms with Crippen molar-refractivity contribution >= 4 is 21.7 Å². The minimum atomic E-state index is -3.69. The summed E-state index contributed by atoms with van der Waals surface area (Å²) >= 11 is 0. The molecule has 0 saturated heterocycles. The van der Waals surface area contributed by atoms with E-state index in [1.54, 1.807) is 12.1 Å². The Bertz CT molecular complexity index is 782. The second kappa shape index (κ2) is 6.70. The fourth-order valence-corrected chi connectivity index (χ4v) is 3.10. The van der Waals surface area contributed by atoms with Gasteiger partial charge in [0, 0.05) is 7.05 Å². The van der Waals surface area contributed by atoms with E-state index in [9.17, 15) is 13.2 Å². The quantitative estimate of drug-likeness (QED) is 0.875. The second-order valence-corrected chi connectivity index (χ2v) is 6.93. The van der Waals surface area contributed by atoms with Crippen LogP contribution in [0.25, 0.3) is 0 Å². The molecule has 0 spiro atoms. The number of benzene rings is 2. The van der Waals surface area contributed by atoms with E-state index in [1.807, 2.05) is 19.1 Å². The number of aliphatic carboxylic acids is 1. The fraction of sp³-hybridized carbons (Fsp3) is 0.188. The van der Waals surface area contributed by atoms with Gasteiger partial charge in [0.25, 0.3) is 10.0 Å². The van der Waals surface area contributed by atoms with Crippen molar-refractivity contribution in [1.82, 2.24) is 0 Å². The molecule has 6 nitrogen and oxygen atoms in total. The minimum absolute atomic E-state index is 0.100. The molecule has 0 aromatic heterocycles. The Morgan fingerprint density at radius 3 is 2.17 bits per heavy atom. The fourth-order valence-electron chi connectivity index (χ4n) is 1.90. The van der Waals surface area contributed by atoms with Crippen molar-refractivity contribution < 1.29 is 23.1 Å². The molecule has 122 valence electrons. The number of ether oxygens (including phenoxy) is 1. The molecule has 0 saturated carbocycles. The number of carboxylic acid groups (broad SMARTS) is 1. The molecule has 2 rings (SSSR count). The van der Waals surface area contributed by atoms with Gasteiger partial charge in [-0.1, -0.05) is 17.7 Å². The first kappa shape index (κ1) is 16.8. The number of sulfonamides is 1. The van der Waals surface area contributed by atoms with Gasteiger partial charge in [-0.25, -0.2) is 13.2 Å². The second-order valence-electron chi connectivity index (χ2n) is 4.96. The summed E-state index contributed by atoms with van der Waals surface area (Å²) in [6.45, 7) is 1.45. The monoisotopic (exact) mass is 335 g/mol. The van der Waals surface area contributed by atoms with Crippen molar-refractivity contribution in [3.05, 3.63) is 54.1 Å². The third-order valence-electron chi connectivity index (χ3n) is 3.24. The van der Waals surface area contributed by atoms with E-state index in [0.717, 1.165) is 5.56 Å². The van der Waals surface area contributed by atoms with Crippen molar-refractivity contribution in [2.24, 2.45) is 0 Å². The molecule has 0 amide bonds. The van der Waals surface area contributed by atoms with Crippen molar-refractivity contribution in [3.63, 3.8) is 0 Å². The number of hydrogen-bond acceptors (Lipinski definition) is 4. The number of aryl methyl sites for hydroxylation is 1. The van der Waals surface area contributed by atoms with Crippen LogP contribution in [0.15, 0.2) is 53.4 Å². The number of carboxylic acids is 1. The van der Waals surface area contributed by atoms with Gasteiger partial charge in [0.15, 0.2) is 6.61 Å². The summed E-state index contributed by atoms with van der Waals surface area (Å²) in [5, 5.41) is 8.55. The van der Waals surface area contributed by atoms with E-state index in [4.69, 9.17) is 9.84 Å². The molecule has 0 heterocycles. The molecule has 0 radical (unpaired) electrons. The predicted molar refractivity (Wildman–Crippen MR) is 86.3 cm³/mol. The zero-order chi connectivity index (χ0) is 17.0. The first-order chi connectivity index (χ1) is 10.8. The van der Waals surface area contributed by atoms with E-state index in [1.165, 1.54) is 35.6 Å². The molecule has 0 atom stereocenters. The first-order valence-electron chi connectivity index (χ1n) is 6.81. The highest BCUT2D eigenvalue weighted by Crippen LogP contribution is 2.24. The van der Waals surface area contributed by atoms with Crippen LogP contribution in [-0.2, 0) is 14.8 Å². The van der Waals surface area contributed by atoms with Crippen LogP contribution in [0.4, 0.5) is 5.69 Å². The molecule has 0 unspecified atom stereocenters. The van der Waals surface area contributed by atoms with Gasteiger partial charge in [0.1, 0.15) is 5.75 Å². The molecule has 2 aromatic rings. The smallest absolute Gasteiger partial charge is 0.341 e. The molecule has 2 aromatic carbocycles. The average molecular weight is 335 g/mol. The standard InChI is InChI=1S/C16H17NO5S/c1-12-3-5-13(6-4-12)17(2)23(20,21)15-9-7-14(8-10-15)22-11-16(18)19/h3-10H,11H2,1-2H3,(H,18,19). The number of nitrogens with zero attached hydrogens (tertiary/aromatic N) is 1. The lowest BCUT2D eigenvalue weighted by Gasteiger charge is -2.19. The van der Waals surface area contributed by atoms with Crippen LogP contribution in [-0.4, -0.2) is 33.1 Å². The number of carbonyl (C=O) groups is 1. The van der Waals surface area contributed by atoms with Gasteiger partial charge < -0.3 is 9.84 Å². The highest BCUT2D eigenvalue weighted by molar-refractivity contribution is 7.92. The molecule has 0 bridgehead atoms. The van der Waals surface area contributed by atoms with Gasteiger partial charge in [-0.15, -0.1) is 0 Å². The van der Waals surface area contributed by atoms with Crippen LogP contribution in [0.5, 0.6) is 5.75 Å². The molecule has 0 aliphatic heterocycles. The molecular weight excluding hydrogens is 318 g/mol. The topological polar surface area (TPSA) is 83.9 Å². The van der Waals surface area contributed by atoms with Crippen LogP contribution in [0.3, 0.4) is 0 Å². The Morgan fingerprint density at radius 2 is 1.65 bits per heavy atom. The van der Waals surface area contributed by atoms with E-state index < -0.39 is 22.6 Å². The maximum atomic E-state index is 12.6. The van der Waals surface area contributed by atoms with Crippen LogP contribution in [0.1, 0.15) is 5.56 Å². The molecular formula is C16H17NO5S. The van der Waals surface area contributed by atoms with Crippen molar-refractivity contribution in [3.8, 4) is 5.75 Å². The van der Waals surface area contributed by atoms with Crippen LogP contribution in [0, 0.1) is 6.92 Å². The highest BCUT2D eigenvalue weighted by Gasteiger charge is 2.21. The number of anilines is 1. The van der Waals surface area contributed by atoms with Crippen LogP contribution >= 0.6 is 0 Å². The van der Waals surface area contributed by atoms with Crippen LogP contribution in [0.2, 0.25) is 0 Å². The summed E-state index contributed by atoms with van der Waals surface area (Å²) in [5.41, 5.74) is 1.60.